The van der Waals surface area contributed by atoms with Gasteiger partial charge in [-0.15, -0.1) is 11.3 Å². The van der Waals surface area contributed by atoms with E-state index in [4.69, 9.17) is 0 Å². The molecule has 2 aromatic rings. The van der Waals surface area contributed by atoms with Gasteiger partial charge in [-0.2, -0.15) is 0 Å². The molecule has 0 aliphatic carbocycles. The van der Waals surface area contributed by atoms with Crippen LogP contribution >= 0.6 is 11.3 Å². The molecule has 2 nitrogen and oxygen atoms in total. The molecule has 0 saturated carbocycles. The average molecular weight is 233 g/mol. The summed E-state index contributed by atoms with van der Waals surface area (Å²) in [6.07, 6.45) is 0.873. The molecule has 84 valence electrons. The Morgan fingerprint density at radius 1 is 1.31 bits per heavy atom. The standard InChI is InChI=1S/C13H15NOS/c1-3-11-12(8-15)16-13(14-11)10-7-5-4-6-9(10)2/h4-7,15H,3,8H2,1-2H3. The first kappa shape index (κ1) is 11.3. The second-order valence-corrected chi connectivity index (χ2v) is 4.80. The number of hydrogen-bond donors (Lipinski definition) is 1. The highest BCUT2D eigenvalue weighted by Crippen LogP contribution is 2.30. The highest BCUT2D eigenvalue weighted by atomic mass is 32.1. The Bertz CT molecular complexity index is 469. The molecular weight excluding hydrogens is 218 g/mol. The highest BCUT2D eigenvalue weighted by molar-refractivity contribution is 7.15. The Kier molecular flexibility index (Phi) is 3.36. The summed E-state index contributed by atoms with van der Waals surface area (Å²) in [5.74, 6) is 0. The maximum absolute atomic E-state index is 9.25. The second-order valence-electron chi connectivity index (χ2n) is 3.72. The van der Waals surface area contributed by atoms with Crippen LogP contribution in [0.25, 0.3) is 10.6 Å². The van der Waals surface area contributed by atoms with Gasteiger partial charge in [0.25, 0.3) is 0 Å². The highest BCUT2D eigenvalue weighted by Gasteiger charge is 2.11. The second kappa shape index (κ2) is 4.76. The topological polar surface area (TPSA) is 33.1 Å². The van der Waals surface area contributed by atoms with Gasteiger partial charge in [-0.05, 0) is 18.9 Å². The largest absolute Gasteiger partial charge is 0.391 e. The summed E-state index contributed by atoms with van der Waals surface area (Å²) in [6, 6.07) is 8.21. The molecule has 0 saturated heterocycles. The first-order valence-electron chi connectivity index (χ1n) is 5.41. The fourth-order valence-electron chi connectivity index (χ4n) is 1.71. The quantitative estimate of drug-likeness (QED) is 0.883. The van der Waals surface area contributed by atoms with Crippen LogP contribution in [-0.2, 0) is 13.0 Å². The number of aliphatic hydroxyl groups excluding tert-OH is 1. The van der Waals surface area contributed by atoms with Gasteiger partial charge in [0.1, 0.15) is 5.01 Å². The number of aryl methyl sites for hydroxylation is 2. The van der Waals surface area contributed by atoms with Crippen LogP contribution < -0.4 is 0 Å². The van der Waals surface area contributed by atoms with Crippen molar-refractivity contribution in [3.63, 3.8) is 0 Å². The van der Waals surface area contributed by atoms with Crippen molar-refractivity contribution in [2.75, 3.05) is 0 Å². The van der Waals surface area contributed by atoms with Crippen LogP contribution in [0.4, 0.5) is 0 Å². The van der Waals surface area contributed by atoms with Gasteiger partial charge >= 0.3 is 0 Å². The van der Waals surface area contributed by atoms with Gasteiger partial charge in [-0.3, -0.25) is 0 Å². The molecule has 2 rings (SSSR count). The van der Waals surface area contributed by atoms with Crippen molar-refractivity contribution in [2.24, 2.45) is 0 Å². The Morgan fingerprint density at radius 2 is 2.06 bits per heavy atom. The Balaban J connectivity index is 2.49. The van der Waals surface area contributed by atoms with E-state index in [-0.39, 0.29) is 6.61 Å². The first-order chi connectivity index (χ1) is 7.76. The summed E-state index contributed by atoms with van der Waals surface area (Å²) < 4.78 is 0. The van der Waals surface area contributed by atoms with Crippen molar-refractivity contribution in [1.82, 2.24) is 4.98 Å². The van der Waals surface area contributed by atoms with E-state index in [0.29, 0.717) is 0 Å². The van der Waals surface area contributed by atoms with Gasteiger partial charge in [0.05, 0.1) is 17.2 Å². The van der Waals surface area contributed by atoms with Crippen LogP contribution in [0, 0.1) is 6.92 Å². The molecule has 0 radical (unpaired) electrons. The molecule has 16 heavy (non-hydrogen) atoms. The zero-order valence-corrected chi connectivity index (χ0v) is 10.3. The smallest absolute Gasteiger partial charge is 0.124 e. The fraction of sp³-hybridized carbons (Fsp3) is 0.308. The summed E-state index contributed by atoms with van der Waals surface area (Å²) in [5, 5.41) is 10.3. The Labute approximate surface area is 99.6 Å². The Morgan fingerprint density at radius 3 is 2.62 bits per heavy atom. The van der Waals surface area contributed by atoms with Crippen molar-refractivity contribution in [2.45, 2.75) is 26.9 Å². The van der Waals surface area contributed by atoms with Crippen LogP contribution in [0.15, 0.2) is 24.3 Å². The van der Waals surface area contributed by atoms with Gasteiger partial charge in [0.2, 0.25) is 0 Å². The molecule has 0 bridgehead atoms. The molecule has 0 atom stereocenters. The van der Waals surface area contributed by atoms with E-state index in [1.165, 1.54) is 11.1 Å². The van der Waals surface area contributed by atoms with E-state index < -0.39 is 0 Å². The third kappa shape index (κ3) is 2.01. The lowest BCUT2D eigenvalue weighted by Gasteiger charge is -1.99. The zero-order chi connectivity index (χ0) is 11.5. The van der Waals surface area contributed by atoms with Crippen molar-refractivity contribution in [3.8, 4) is 10.6 Å². The maximum Gasteiger partial charge on any atom is 0.124 e. The van der Waals surface area contributed by atoms with E-state index in [0.717, 1.165) is 22.0 Å². The fourth-order valence-corrected chi connectivity index (χ4v) is 2.81. The lowest BCUT2D eigenvalue weighted by Crippen LogP contribution is -1.87. The molecule has 0 aliphatic heterocycles. The van der Waals surface area contributed by atoms with Gasteiger partial charge in [-0.25, -0.2) is 4.98 Å². The SMILES string of the molecule is CCc1nc(-c2ccccc2C)sc1CO. The maximum atomic E-state index is 9.25. The summed E-state index contributed by atoms with van der Waals surface area (Å²) in [7, 11) is 0. The minimum atomic E-state index is 0.0900. The summed E-state index contributed by atoms with van der Waals surface area (Å²) in [4.78, 5) is 5.58. The molecule has 0 aliphatic rings. The molecule has 1 aromatic carbocycles. The van der Waals surface area contributed by atoms with Gasteiger partial charge in [0, 0.05) is 5.56 Å². The number of hydrogen-bond acceptors (Lipinski definition) is 3. The third-order valence-corrected chi connectivity index (χ3v) is 3.75. The predicted molar refractivity (Wildman–Crippen MR) is 67.6 cm³/mol. The Hall–Kier alpha value is -1.19. The van der Waals surface area contributed by atoms with Crippen molar-refractivity contribution >= 4 is 11.3 Å². The number of aliphatic hydroxyl groups is 1. The summed E-state index contributed by atoms with van der Waals surface area (Å²) in [6.45, 7) is 4.24. The molecular formula is C13H15NOS. The van der Waals surface area contributed by atoms with Gasteiger partial charge in [-0.1, -0.05) is 31.2 Å². The number of nitrogens with zero attached hydrogens (tertiary/aromatic N) is 1. The molecule has 3 heteroatoms. The predicted octanol–water partition coefficient (Wildman–Crippen LogP) is 3.17. The van der Waals surface area contributed by atoms with Crippen LogP contribution in [0.5, 0.6) is 0 Å². The van der Waals surface area contributed by atoms with Crippen LogP contribution in [-0.4, -0.2) is 10.1 Å². The normalized spacial score (nSPS) is 10.7. The van der Waals surface area contributed by atoms with Crippen molar-refractivity contribution in [3.05, 3.63) is 40.4 Å². The third-order valence-electron chi connectivity index (χ3n) is 2.63. The molecule has 1 N–H and O–H groups in total. The van der Waals surface area contributed by atoms with E-state index in [2.05, 4.69) is 31.0 Å². The number of thiazole rings is 1. The molecule has 0 unspecified atom stereocenters. The van der Waals surface area contributed by atoms with Gasteiger partial charge < -0.3 is 5.11 Å². The van der Waals surface area contributed by atoms with Crippen LogP contribution in [0.2, 0.25) is 0 Å². The lowest BCUT2D eigenvalue weighted by molar-refractivity contribution is 0.284. The molecule has 0 fully saturated rings. The van der Waals surface area contributed by atoms with Crippen molar-refractivity contribution in [1.29, 1.82) is 0 Å². The van der Waals surface area contributed by atoms with E-state index in [1.54, 1.807) is 11.3 Å². The lowest BCUT2D eigenvalue weighted by atomic mass is 10.1. The van der Waals surface area contributed by atoms with Crippen LogP contribution in [0.1, 0.15) is 23.1 Å². The number of rotatable bonds is 3. The minimum Gasteiger partial charge on any atom is -0.391 e. The van der Waals surface area contributed by atoms with Crippen molar-refractivity contribution < 1.29 is 5.11 Å². The zero-order valence-electron chi connectivity index (χ0n) is 9.53. The summed E-state index contributed by atoms with van der Waals surface area (Å²) in [5.41, 5.74) is 3.41. The molecule has 1 aromatic heterocycles. The minimum absolute atomic E-state index is 0.0900. The van der Waals surface area contributed by atoms with Crippen LogP contribution in [0.3, 0.4) is 0 Å². The molecule has 0 amide bonds. The number of benzene rings is 1. The molecule has 1 heterocycles. The van der Waals surface area contributed by atoms with Gasteiger partial charge in [0.15, 0.2) is 0 Å². The molecule has 0 spiro atoms. The van der Waals surface area contributed by atoms with E-state index in [1.807, 2.05) is 12.1 Å². The first-order valence-corrected chi connectivity index (χ1v) is 6.23. The average Bonchev–Trinajstić information content (AvgIpc) is 2.72. The summed E-state index contributed by atoms with van der Waals surface area (Å²) >= 11 is 1.59. The van der Waals surface area contributed by atoms with E-state index in [9.17, 15) is 5.11 Å². The monoisotopic (exact) mass is 233 g/mol. The van der Waals surface area contributed by atoms with E-state index >= 15 is 0 Å². The number of aromatic nitrogens is 1.